The lowest BCUT2D eigenvalue weighted by Crippen LogP contribution is -2.41. The SMILES string of the molecule is CCOc1cc2[nH]c(=S)n(CCC(=O)N[C@H]3CCCC[C@H]3C)c(=O)c2cc1OCC. The van der Waals surface area contributed by atoms with Crippen LogP contribution in [0, 0.1) is 10.7 Å². The normalized spacial score (nSPS) is 18.9. The third-order valence-electron chi connectivity index (χ3n) is 5.67. The Bertz CT molecular complexity index is 1010. The van der Waals surface area contributed by atoms with Crippen LogP contribution in [0.4, 0.5) is 0 Å². The van der Waals surface area contributed by atoms with E-state index in [1.165, 1.54) is 11.0 Å². The van der Waals surface area contributed by atoms with E-state index in [4.69, 9.17) is 21.7 Å². The molecule has 164 valence electrons. The largest absolute Gasteiger partial charge is 0.490 e. The van der Waals surface area contributed by atoms with E-state index in [1.54, 1.807) is 12.1 Å². The molecule has 30 heavy (non-hydrogen) atoms. The highest BCUT2D eigenvalue weighted by Gasteiger charge is 2.22. The number of carbonyl (C=O) groups excluding carboxylic acids is 1. The average Bonchev–Trinajstić information content (AvgIpc) is 2.71. The lowest BCUT2D eigenvalue weighted by atomic mass is 9.86. The van der Waals surface area contributed by atoms with Crippen LogP contribution < -0.4 is 20.3 Å². The van der Waals surface area contributed by atoms with Crippen LogP contribution >= 0.6 is 12.2 Å². The molecule has 1 aromatic heterocycles. The predicted octanol–water partition coefficient (Wildman–Crippen LogP) is 3.94. The summed E-state index contributed by atoms with van der Waals surface area (Å²) >= 11 is 5.39. The van der Waals surface area contributed by atoms with Crippen molar-refractivity contribution >= 4 is 29.0 Å². The molecule has 8 heteroatoms. The molecule has 0 saturated heterocycles. The van der Waals surface area contributed by atoms with Crippen molar-refractivity contribution in [3.05, 3.63) is 27.3 Å². The molecule has 0 radical (unpaired) electrons. The van der Waals surface area contributed by atoms with Gasteiger partial charge in [-0.15, -0.1) is 0 Å². The molecule has 0 unspecified atom stereocenters. The fraction of sp³-hybridized carbons (Fsp3) is 0.591. The maximum atomic E-state index is 13.1. The molecule has 1 fully saturated rings. The fourth-order valence-electron chi connectivity index (χ4n) is 4.02. The van der Waals surface area contributed by atoms with Crippen molar-refractivity contribution < 1.29 is 14.3 Å². The number of aromatic nitrogens is 2. The lowest BCUT2D eigenvalue weighted by molar-refractivity contribution is -0.122. The smallest absolute Gasteiger partial charge is 0.262 e. The highest BCUT2D eigenvalue weighted by molar-refractivity contribution is 7.71. The second-order valence-electron chi connectivity index (χ2n) is 7.78. The molecule has 1 saturated carbocycles. The van der Waals surface area contributed by atoms with Crippen molar-refractivity contribution in [1.29, 1.82) is 0 Å². The molecule has 1 aromatic carbocycles. The maximum Gasteiger partial charge on any atom is 0.262 e. The van der Waals surface area contributed by atoms with E-state index < -0.39 is 0 Å². The molecular formula is C22H31N3O4S. The number of nitrogens with zero attached hydrogens (tertiary/aromatic N) is 1. The maximum absolute atomic E-state index is 13.1. The number of aromatic amines is 1. The van der Waals surface area contributed by atoms with Crippen LogP contribution in [0.25, 0.3) is 10.9 Å². The molecule has 1 aliphatic carbocycles. The highest BCUT2D eigenvalue weighted by Crippen LogP contribution is 2.31. The van der Waals surface area contributed by atoms with E-state index in [-0.39, 0.29) is 35.2 Å². The Balaban J connectivity index is 1.81. The van der Waals surface area contributed by atoms with Gasteiger partial charge >= 0.3 is 0 Å². The van der Waals surface area contributed by atoms with Gasteiger partial charge in [-0.05, 0) is 50.9 Å². The number of H-pyrrole nitrogens is 1. The number of benzene rings is 1. The second kappa shape index (κ2) is 10.1. The van der Waals surface area contributed by atoms with Crippen LogP contribution in [0.5, 0.6) is 11.5 Å². The van der Waals surface area contributed by atoms with Gasteiger partial charge in [-0.25, -0.2) is 0 Å². The Morgan fingerprint density at radius 3 is 2.53 bits per heavy atom. The van der Waals surface area contributed by atoms with Crippen LogP contribution in [0.1, 0.15) is 52.9 Å². The van der Waals surface area contributed by atoms with Gasteiger partial charge in [0.05, 0.1) is 24.1 Å². The number of nitrogens with one attached hydrogen (secondary N) is 2. The van der Waals surface area contributed by atoms with Gasteiger partial charge in [0.25, 0.3) is 5.56 Å². The van der Waals surface area contributed by atoms with Crippen molar-refractivity contribution in [2.75, 3.05) is 13.2 Å². The summed E-state index contributed by atoms with van der Waals surface area (Å²) < 4.78 is 13.0. The Morgan fingerprint density at radius 1 is 1.20 bits per heavy atom. The third kappa shape index (κ3) is 5.03. The zero-order valence-electron chi connectivity index (χ0n) is 18.0. The van der Waals surface area contributed by atoms with E-state index in [1.807, 2.05) is 13.8 Å². The minimum absolute atomic E-state index is 0.0446. The second-order valence-corrected chi connectivity index (χ2v) is 8.17. The number of ether oxygens (including phenoxy) is 2. The molecular weight excluding hydrogens is 402 g/mol. The topological polar surface area (TPSA) is 85.4 Å². The van der Waals surface area contributed by atoms with E-state index in [9.17, 15) is 9.59 Å². The molecule has 0 bridgehead atoms. The van der Waals surface area contributed by atoms with Gasteiger partial charge in [-0.3, -0.25) is 14.2 Å². The van der Waals surface area contributed by atoms with Crippen LogP contribution in [-0.4, -0.2) is 34.7 Å². The first-order valence-corrected chi connectivity index (χ1v) is 11.2. The predicted molar refractivity (Wildman–Crippen MR) is 120 cm³/mol. The number of hydrogen-bond donors (Lipinski definition) is 2. The highest BCUT2D eigenvalue weighted by atomic mass is 32.1. The average molecular weight is 434 g/mol. The van der Waals surface area contributed by atoms with Crippen molar-refractivity contribution in [2.45, 2.75) is 65.5 Å². The van der Waals surface area contributed by atoms with E-state index >= 15 is 0 Å². The summed E-state index contributed by atoms with van der Waals surface area (Å²) in [6, 6.07) is 3.64. The van der Waals surface area contributed by atoms with Crippen LogP contribution in [0.15, 0.2) is 16.9 Å². The Morgan fingerprint density at radius 2 is 1.87 bits per heavy atom. The number of amides is 1. The lowest BCUT2D eigenvalue weighted by Gasteiger charge is -2.29. The van der Waals surface area contributed by atoms with Gasteiger partial charge in [0, 0.05) is 25.1 Å². The Kier molecular flexibility index (Phi) is 7.53. The van der Waals surface area contributed by atoms with Gasteiger partial charge in [0.15, 0.2) is 16.3 Å². The van der Waals surface area contributed by atoms with Crippen LogP contribution in [0.3, 0.4) is 0 Å². The number of carbonyl (C=O) groups is 1. The minimum atomic E-state index is -0.239. The van der Waals surface area contributed by atoms with Gasteiger partial charge < -0.3 is 19.8 Å². The van der Waals surface area contributed by atoms with Gasteiger partial charge in [0.2, 0.25) is 5.91 Å². The summed E-state index contributed by atoms with van der Waals surface area (Å²) in [4.78, 5) is 28.6. The zero-order chi connectivity index (χ0) is 21.7. The fourth-order valence-corrected chi connectivity index (χ4v) is 4.31. The molecule has 0 spiro atoms. The van der Waals surface area contributed by atoms with Crippen LogP contribution in [0.2, 0.25) is 0 Å². The summed E-state index contributed by atoms with van der Waals surface area (Å²) in [5.41, 5.74) is 0.352. The molecule has 1 aliphatic rings. The number of hydrogen-bond acceptors (Lipinski definition) is 5. The summed E-state index contributed by atoms with van der Waals surface area (Å²) in [7, 11) is 0. The van der Waals surface area contributed by atoms with Gasteiger partial charge in [-0.1, -0.05) is 19.8 Å². The summed E-state index contributed by atoms with van der Waals surface area (Å²) in [6.45, 7) is 7.12. The van der Waals surface area contributed by atoms with E-state index in [0.717, 1.165) is 19.3 Å². The molecule has 1 amide bonds. The first-order chi connectivity index (χ1) is 14.4. The zero-order valence-corrected chi connectivity index (χ0v) is 18.8. The van der Waals surface area contributed by atoms with Gasteiger partial charge in [-0.2, -0.15) is 0 Å². The Labute approximate surface area is 181 Å². The third-order valence-corrected chi connectivity index (χ3v) is 5.99. The monoisotopic (exact) mass is 433 g/mol. The number of fused-ring (bicyclic) bond motifs is 1. The molecule has 2 atom stereocenters. The minimum Gasteiger partial charge on any atom is -0.490 e. The van der Waals surface area contributed by atoms with Crippen molar-refractivity contribution in [2.24, 2.45) is 5.92 Å². The standard InChI is InChI=1S/C22H31N3O4S/c1-4-28-18-12-15-17(13-19(18)29-5-2)24-22(30)25(21(15)27)11-10-20(26)23-16-9-7-6-8-14(16)3/h12-14,16H,4-11H2,1-3H3,(H,23,26)(H,24,30)/t14-,16+/m1/s1. The number of rotatable bonds is 8. The quantitative estimate of drug-likeness (QED) is 0.616. The Hall–Kier alpha value is -2.35. The summed E-state index contributed by atoms with van der Waals surface area (Å²) in [6.07, 6.45) is 4.75. The van der Waals surface area contributed by atoms with E-state index in [2.05, 4.69) is 17.2 Å². The summed E-state index contributed by atoms with van der Waals surface area (Å²) in [5.74, 6) is 1.53. The van der Waals surface area contributed by atoms with Crippen molar-refractivity contribution in [3.8, 4) is 11.5 Å². The molecule has 2 N–H and O–H groups in total. The van der Waals surface area contributed by atoms with Crippen molar-refractivity contribution in [1.82, 2.24) is 14.9 Å². The molecule has 2 aromatic rings. The van der Waals surface area contributed by atoms with Gasteiger partial charge in [0.1, 0.15) is 0 Å². The van der Waals surface area contributed by atoms with Crippen LogP contribution in [-0.2, 0) is 11.3 Å². The molecule has 3 rings (SSSR count). The first kappa shape index (κ1) is 22.3. The van der Waals surface area contributed by atoms with Crippen molar-refractivity contribution in [3.63, 3.8) is 0 Å². The summed E-state index contributed by atoms with van der Waals surface area (Å²) in [5, 5.41) is 3.58. The molecule has 7 nitrogen and oxygen atoms in total. The molecule has 0 aliphatic heterocycles. The van der Waals surface area contributed by atoms with E-state index in [0.29, 0.717) is 41.5 Å². The molecule has 1 heterocycles. The first-order valence-electron chi connectivity index (χ1n) is 10.8.